The Balaban J connectivity index is 1.97. The van der Waals surface area contributed by atoms with Gasteiger partial charge in [-0.3, -0.25) is 0 Å². The number of halogens is 2. The van der Waals surface area contributed by atoms with Crippen molar-refractivity contribution in [1.29, 1.82) is 0 Å². The van der Waals surface area contributed by atoms with E-state index in [1.807, 2.05) is 42.5 Å². The molecule has 2 aromatic heterocycles. The zero-order valence-electron chi connectivity index (χ0n) is 22.4. The molecule has 4 rings (SSSR count). The second kappa shape index (κ2) is 10.8. The van der Waals surface area contributed by atoms with Gasteiger partial charge in [-0.15, -0.1) is 0 Å². The lowest BCUT2D eigenvalue weighted by Crippen LogP contribution is -2.52. The summed E-state index contributed by atoms with van der Waals surface area (Å²) in [6.45, 7) is 13.1. The van der Waals surface area contributed by atoms with Crippen molar-refractivity contribution in [2.24, 2.45) is 0 Å². The Morgan fingerprint density at radius 3 is 2.14 bits per heavy atom. The predicted octanol–water partition coefficient (Wildman–Crippen LogP) is 8.08. The second-order valence-electron chi connectivity index (χ2n) is 10.6. The molecule has 1 N–H and O–H groups in total. The molecule has 0 atom stereocenters. The van der Waals surface area contributed by atoms with Crippen LogP contribution in [0.1, 0.15) is 52.7 Å². The molecule has 0 bridgehead atoms. The van der Waals surface area contributed by atoms with Gasteiger partial charge in [-0.1, -0.05) is 71.9 Å². The van der Waals surface area contributed by atoms with Crippen molar-refractivity contribution < 1.29 is 18.6 Å². The summed E-state index contributed by atoms with van der Waals surface area (Å²) >= 11 is 0. The van der Waals surface area contributed by atoms with Crippen LogP contribution >= 0.6 is 0 Å². The highest BCUT2D eigenvalue weighted by Crippen LogP contribution is 2.48. The highest BCUT2D eigenvalue weighted by molar-refractivity contribution is 6.83. The van der Waals surface area contributed by atoms with Crippen LogP contribution in [0.5, 0.6) is 5.75 Å². The number of nitrogens with zero attached hydrogens (tertiary/aromatic N) is 2. The summed E-state index contributed by atoms with van der Waals surface area (Å²) in [4.78, 5) is 4.73. The molecule has 4 nitrogen and oxygen atoms in total. The third-order valence-electron chi connectivity index (χ3n) is 7.67. The van der Waals surface area contributed by atoms with Gasteiger partial charge < -0.3 is 14.1 Å². The highest BCUT2D eigenvalue weighted by atomic mass is 28.3. The first-order valence-corrected chi connectivity index (χ1v) is 15.1. The molecule has 0 unspecified atom stereocenters. The van der Waals surface area contributed by atoms with Crippen LogP contribution in [-0.4, -0.2) is 22.6 Å². The molecule has 0 aliphatic rings. The van der Waals surface area contributed by atoms with Crippen LogP contribution in [0.15, 0.2) is 60.8 Å². The second-order valence-corrected chi connectivity index (χ2v) is 16.3. The van der Waals surface area contributed by atoms with Crippen LogP contribution in [0, 0.1) is 11.6 Å². The van der Waals surface area contributed by atoms with Crippen molar-refractivity contribution in [2.75, 3.05) is 0 Å². The molecule has 0 spiro atoms. The number of ether oxygens (including phenoxy) is 1. The number of hydrogen-bond acceptors (Lipinski definition) is 3. The van der Waals surface area contributed by atoms with E-state index in [9.17, 15) is 5.11 Å². The van der Waals surface area contributed by atoms with Crippen LogP contribution < -0.4 is 4.74 Å². The monoisotopic (exact) mass is 522 g/mol. The van der Waals surface area contributed by atoms with Crippen molar-refractivity contribution in [3.05, 3.63) is 83.6 Å². The van der Waals surface area contributed by atoms with Crippen molar-refractivity contribution in [3.63, 3.8) is 0 Å². The Labute approximate surface area is 219 Å². The largest absolute Gasteiger partial charge is 0.486 e. The van der Waals surface area contributed by atoms with E-state index in [1.54, 1.807) is 6.20 Å². The van der Waals surface area contributed by atoms with Gasteiger partial charge in [-0.2, -0.15) is 0 Å². The van der Waals surface area contributed by atoms with Crippen LogP contribution in [0.25, 0.3) is 22.3 Å². The lowest BCUT2D eigenvalue weighted by Gasteiger charge is -2.45. The first kappa shape index (κ1) is 27.0. The number of aliphatic hydroxyl groups is 1. The molecule has 0 aliphatic heterocycles. The SMILES string of the molecule is CC(C)[Si](C(C)C)(C(C)C)n1c(-c2cc(F)c(OCc3ccccc3)cc2F)c(CO)c2cccnc21. The Hall–Kier alpha value is -3.03. The molecule has 37 heavy (non-hydrogen) atoms. The Morgan fingerprint density at radius 2 is 1.54 bits per heavy atom. The van der Waals surface area contributed by atoms with Gasteiger partial charge in [0.05, 0.1) is 12.3 Å². The normalized spacial score (nSPS) is 12.3. The quantitative estimate of drug-likeness (QED) is 0.226. The predicted molar refractivity (Wildman–Crippen MR) is 148 cm³/mol. The lowest BCUT2D eigenvalue weighted by molar-refractivity contribution is 0.283. The van der Waals surface area contributed by atoms with Crippen molar-refractivity contribution in [2.45, 2.75) is 71.4 Å². The third-order valence-corrected chi connectivity index (χ3v) is 14.4. The van der Waals surface area contributed by atoms with E-state index < -0.39 is 19.9 Å². The van der Waals surface area contributed by atoms with E-state index in [2.05, 4.69) is 45.8 Å². The summed E-state index contributed by atoms with van der Waals surface area (Å²) < 4.78 is 39.2. The minimum Gasteiger partial charge on any atom is -0.486 e. The zero-order chi connectivity index (χ0) is 26.9. The third kappa shape index (κ3) is 4.59. The first-order valence-electron chi connectivity index (χ1n) is 12.9. The average molecular weight is 523 g/mol. The molecular formula is C30H36F2N2O2Si. The van der Waals surface area contributed by atoms with E-state index in [1.165, 1.54) is 6.07 Å². The van der Waals surface area contributed by atoms with E-state index >= 15 is 8.78 Å². The molecule has 0 saturated carbocycles. The Kier molecular flexibility index (Phi) is 7.85. The topological polar surface area (TPSA) is 47.3 Å². The molecule has 0 amide bonds. The fraction of sp³-hybridized carbons (Fsp3) is 0.367. The number of pyridine rings is 1. The van der Waals surface area contributed by atoms with E-state index in [4.69, 9.17) is 9.72 Å². The van der Waals surface area contributed by atoms with E-state index in [-0.39, 0.29) is 41.2 Å². The maximum absolute atomic E-state index is 15.9. The van der Waals surface area contributed by atoms with Crippen LogP contribution in [0.4, 0.5) is 8.78 Å². The number of rotatable bonds is 9. The lowest BCUT2D eigenvalue weighted by atomic mass is 10.1. The van der Waals surface area contributed by atoms with Gasteiger partial charge >= 0.3 is 0 Å². The molecule has 196 valence electrons. The molecule has 2 heterocycles. The maximum atomic E-state index is 15.9. The molecule has 4 aromatic rings. The number of benzene rings is 2. The standard InChI is InChI=1S/C30H36F2N2O2Si/c1-19(2)37(20(3)4,21(5)6)34-29(25(17-35)23-13-10-14-33-30(23)34)24-15-27(32)28(16-26(24)31)36-18-22-11-8-7-9-12-22/h7-16,19-21,35H,17-18H2,1-6H3. The summed E-state index contributed by atoms with van der Waals surface area (Å²) in [7, 11) is -2.48. The highest BCUT2D eigenvalue weighted by Gasteiger charge is 2.48. The van der Waals surface area contributed by atoms with Crippen molar-refractivity contribution in [3.8, 4) is 17.0 Å². The van der Waals surface area contributed by atoms with Gasteiger partial charge in [0, 0.05) is 28.8 Å². The summed E-state index contributed by atoms with van der Waals surface area (Å²) in [5.41, 5.74) is 3.61. The zero-order valence-corrected chi connectivity index (χ0v) is 23.4. The molecule has 0 saturated heterocycles. The molecule has 7 heteroatoms. The first-order chi connectivity index (χ1) is 17.6. The van der Waals surface area contributed by atoms with E-state index in [0.717, 1.165) is 17.0 Å². The molecule has 0 radical (unpaired) electrons. The molecular weight excluding hydrogens is 486 g/mol. The van der Waals surface area contributed by atoms with Gasteiger partial charge in [0.2, 0.25) is 0 Å². The summed E-state index contributed by atoms with van der Waals surface area (Å²) in [5, 5.41) is 11.3. The van der Waals surface area contributed by atoms with Gasteiger partial charge in [-0.05, 0) is 40.4 Å². The number of fused-ring (bicyclic) bond motifs is 1. The summed E-state index contributed by atoms with van der Waals surface area (Å²) in [5.74, 6) is -1.38. The fourth-order valence-electron chi connectivity index (χ4n) is 6.33. The molecule has 0 fully saturated rings. The van der Waals surface area contributed by atoms with Crippen LogP contribution in [-0.2, 0) is 13.2 Å². The van der Waals surface area contributed by atoms with Crippen LogP contribution in [0.2, 0.25) is 16.6 Å². The van der Waals surface area contributed by atoms with Crippen LogP contribution in [0.3, 0.4) is 0 Å². The number of aromatic nitrogens is 2. The van der Waals surface area contributed by atoms with Gasteiger partial charge in [0.25, 0.3) is 0 Å². The van der Waals surface area contributed by atoms with Gasteiger partial charge in [-0.25, -0.2) is 13.8 Å². The minimum absolute atomic E-state index is 0.116. The van der Waals surface area contributed by atoms with Crippen molar-refractivity contribution >= 4 is 19.3 Å². The Morgan fingerprint density at radius 1 is 0.892 bits per heavy atom. The van der Waals surface area contributed by atoms with Gasteiger partial charge in [0.1, 0.15) is 18.1 Å². The molecule has 0 aliphatic carbocycles. The van der Waals surface area contributed by atoms with E-state index in [0.29, 0.717) is 16.9 Å². The number of aliphatic hydroxyl groups excluding tert-OH is 1. The summed E-state index contributed by atoms with van der Waals surface area (Å²) in [6, 6.07) is 15.4. The van der Waals surface area contributed by atoms with Crippen molar-refractivity contribution in [1.82, 2.24) is 9.22 Å². The Bertz CT molecular complexity index is 1360. The fourth-order valence-corrected chi connectivity index (χ4v) is 13.1. The van der Waals surface area contributed by atoms with Gasteiger partial charge in [0.15, 0.2) is 19.8 Å². The number of hydrogen-bond donors (Lipinski definition) is 1. The summed E-state index contributed by atoms with van der Waals surface area (Å²) in [6.07, 6.45) is 1.72. The maximum Gasteiger partial charge on any atom is 0.172 e. The molecule has 2 aromatic carbocycles. The average Bonchev–Trinajstić information content (AvgIpc) is 3.19. The smallest absolute Gasteiger partial charge is 0.172 e. The minimum atomic E-state index is -2.48.